The van der Waals surface area contributed by atoms with Gasteiger partial charge in [0.05, 0.1) is 13.5 Å². The highest BCUT2D eigenvalue weighted by Gasteiger charge is 2.21. The van der Waals surface area contributed by atoms with Gasteiger partial charge < -0.3 is 14.2 Å². The Kier molecular flexibility index (Phi) is 3.79. The lowest BCUT2D eigenvalue weighted by molar-refractivity contribution is -0.151. The van der Waals surface area contributed by atoms with Crippen LogP contribution in [0.1, 0.15) is 16.8 Å². The van der Waals surface area contributed by atoms with E-state index in [-0.39, 0.29) is 0 Å². The molecule has 1 aliphatic heterocycles. The average molecular weight is 264 g/mol. The molecule has 0 saturated carbocycles. The summed E-state index contributed by atoms with van der Waals surface area (Å²) in [5.41, 5.74) is 0.293. The van der Waals surface area contributed by atoms with E-state index in [1.807, 2.05) is 0 Å². The van der Waals surface area contributed by atoms with Gasteiger partial charge >= 0.3 is 5.97 Å². The van der Waals surface area contributed by atoms with Crippen LogP contribution in [0.25, 0.3) is 0 Å². The first-order chi connectivity index (χ1) is 9.11. The van der Waals surface area contributed by atoms with E-state index >= 15 is 0 Å². The molecule has 0 saturated heterocycles. The van der Waals surface area contributed by atoms with Gasteiger partial charge in [0.15, 0.2) is 17.3 Å². The van der Waals surface area contributed by atoms with Gasteiger partial charge in [-0.3, -0.25) is 9.59 Å². The molecule has 0 aromatic heterocycles. The molecule has 0 amide bonds. The van der Waals surface area contributed by atoms with E-state index in [4.69, 9.17) is 9.47 Å². The van der Waals surface area contributed by atoms with Crippen LogP contribution in [0.15, 0.2) is 18.2 Å². The zero-order chi connectivity index (χ0) is 13.8. The molecule has 100 valence electrons. The quantitative estimate of drug-likeness (QED) is 0.346. The normalized spacial score (nSPS) is 12.7. The second-order valence-electron chi connectivity index (χ2n) is 3.87. The van der Waals surface area contributed by atoms with E-state index in [1.54, 1.807) is 6.07 Å². The number of hydrogen-bond acceptors (Lipinski definition) is 6. The minimum atomic E-state index is -1.02. The van der Waals surface area contributed by atoms with Crippen LogP contribution in [-0.4, -0.2) is 37.9 Å². The van der Waals surface area contributed by atoms with Crippen LogP contribution in [0.2, 0.25) is 0 Å². The largest absolute Gasteiger partial charge is 0.486 e. The molecule has 2 rings (SSSR count). The summed E-state index contributed by atoms with van der Waals surface area (Å²) in [4.78, 5) is 34.1. The lowest BCUT2D eigenvalue weighted by Crippen LogP contribution is -2.20. The first-order valence-corrected chi connectivity index (χ1v) is 5.66. The molecule has 6 nitrogen and oxygen atoms in total. The van der Waals surface area contributed by atoms with E-state index in [1.165, 1.54) is 12.1 Å². The molecule has 19 heavy (non-hydrogen) atoms. The summed E-state index contributed by atoms with van der Waals surface area (Å²) in [5.74, 6) is -1.34. The highest BCUT2D eigenvalue weighted by Crippen LogP contribution is 2.31. The molecule has 0 spiro atoms. The van der Waals surface area contributed by atoms with Crippen molar-refractivity contribution in [3.63, 3.8) is 0 Å². The van der Waals surface area contributed by atoms with Crippen LogP contribution in [-0.2, 0) is 14.3 Å². The van der Waals surface area contributed by atoms with Crippen molar-refractivity contribution in [2.75, 3.05) is 20.3 Å². The molecule has 0 aliphatic carbocycles. The molecule has 1 aliphatic rings. The Morgan fingerprint density at radius 2 is 1.84 bits per heavy atom. The summed E-state index contributed by atoms with van der Waals surface area (Å²) >= 11 is 0. The number of hydrogen-bond donors (Lipinski definition) is 0. The van der Waals surface area contributed by atoms with Crippen LogP contribution in [0.3, 0.4) is 0 Å². The first-order valence-electron chi connectivity index (χ1n) is 5.66. The minimum absolute atomic E-state index is 0.293. The van der Waals surface area contributed by atoms with Gasteiger partial charge in [-0.2, -0.15) is 0 Å². The van der Waals surface area contributed by atoms with Crippen molar-refractivity contribution < 1.29 is 28.6 Å². The van der Waals surface area contributed by atoms with Crippen molar-refractivity contribution >= 4 is 17.5 Å². The Bertz CT molecular complexity index is 534. The molecular formula is C13H12O6. The van der Waals surface area contributed by atoms with E-state index in [0.29, 0.717) is 30.3 Å². The molecule has 6 heteroatoms. The fraction of sp³-hybridized carbons (Fsp3) is 0.308. The van der Waals surface area contributed by atoms with Crippen molar-refractivity contribution in [3.8, 4) is 11.5 Å². The van der Waals surface area contributed by atoms with Crippen molar-refractivity contribution in [1.82, 2.24) is 0 Å². The fourth-order valence-corrected chi connectivity index (χ4v) is 1.65. The molecule has 1 aromatic carbocycles. The molecule has 0 unspecified atom stereocenters. The minimum Gasteiger partial charge on any atom is -0.486 e. The third-order valence-electron chi connectivity index (χ3n) is 2.60. The number of Topliss-reactive ketones (excluding diaryl/α,β-unsaturated/α-hetero) is 2. The van der Waals surface area contributed by atoms with Crippen molar-refractivity contribution in [2.24, 2.45) is 0 Å². The Morgan fingerprint density at radius 3 is 2.53 bits per heavy atom. The molecule has 1 heterocycles. The maximum absolute atomic E-state index is 11.8. The Morgan fingerprint density at radius 1 is 1.16 bits per heavy atom. The van der Waals surface area contributed by atoms with Gasteiger partial charge in [0.25, 0.3) is 0 Å². The van der Waals surface area contributed by atoms with Crippen LogP contribution in [0, 0.1) is 0 Å². The monoisotopic (exact) mass is 264 g/mol. The van der Waals surface area contributed by atoms with Gasteiger partial charge in [0, 0.05) is 5.56 Å². The predicted molar refractivity (Wildman–Crippen MR) is 63.4 cm³/mol. The second-order valence-corrected chi connectivity index (χ2v) is 3.87. The van der Waals surface area contributed by atoms with Gasteiger partial charge in [0.2, 0.25) is 5.78 Å². The summed E-state index contributed by atoms with van der Waals surface area (Å²) in [6.07, 6.45) is -0.522. The Labute approximate surface area is 109 Å². The molecule has 0 radical (unpaired) electrons. The highest BCUT2D eigenvalue weighted by molar-refractivity contribution is 6.38. The number of benzene rings is 1. The smallest absolute Gasteiger partial charge is 0.374 e. The summed E-state index contributed by atoms with van der Waals surface area (Å²) in [6.45, 7) is 0.868. The van der Waals surface area contributed by atoms with Gasteiger partial charge in [0.1, 0.15) is 13.2 Å². The lowest BCUT2D eigenvalue weighted by atomic mass is 10.1. The van der Waals surface area contributed by atoms with Crippen molar-refractivity contribution in [2.45, 2.75) is 6.42 Å². The third-order valence-corrected chi connectivity index (χ3v) is 2.60. The number of fused-ring (bicyclic) bond motifs is 1. The topological polar surface area (TPSA) is 78.9 Å². The van der Waals surface area contributed by atoms with Crippen molar-refractivity contribution in [1.29, 1.82) is 0 Å². The Hall–Kier alpha value is -2.37. The number of carbonyl (C=O) groups is 3. The van der Waals surface area contributed by atoms with Gasteiger partial charge in [-0.25, -0.2) is 4.79 Å². The zero-order valence-electron chi connectivity index (χ0n) is 10.3. The maximum Gasteiger partial charge on any atom is 0.374 e. The third kappa shape index (κ3) is 2.90. The molecule has 0 fully saturated rings. The van der Waals surface area contributed by atoms with Crippen LogP contribution >= 0.6 is 0 Å². The first kappa shape index (κ1) is 13.1. The van der Waals surface area contributed by atoms with Crippen LogP contribution < -0.4 is 9.47 Å². The SMILES string of the molecule is COC(=O)C(=O)CC(=O)c1ccc2c(c1)OCCO2. The standard InChI is InChI=1S/C13H12O6/c1-17-13(16)10(15)7-9(14)8-2-3-11-12(6-8)19-5-4-18-11/h2-3,6H,4-5,7H2,1H3. The predicted octanol–water partition coefficient (Wildman–Crippen LogP) is 0.773. The number of esters is 1. The summed E-state index contributed by atoms with van der Waals surface area (Å²) < 4.78 is 14.9. The fourth-order valence-electron chi connectivity index (χ4n) is 1.65. The summed E-state index contributed by atoms with van der Waals surface area (Å²) in [6, 6.07) is 4.63. The highest BCUT2D eigenvalue weighted by atomic mass is 16.6. The van der Waals surface area contributed by atoms with Crippen molar-refractivity contribution in [3.05, 3.63) is 23.8 Å². The molecule has 0 N–H and O–H groups in total. The average Bonchev–Trinajstić information content (AvgIpc) is 2.45. The number of carbonyl (C=O) groups excluding carboxylic acids is 3. The van der Waals surface area contributed by atoms with E-state index in [0.717, 1.165) is 7.11 Å². The molecular weight excluding hydrogens is 252 g/mol. The van der Waals surface area contributed by atoms with E-state index in [2.05, 4.69) is 4.74 Å². The summed E-state index contributed by atoms with van der Waals surface area (Å²) in [7, 11) is 1.09. The second kappa shape index (κ2) is 5.51. The molecule has 0 bridgehead atoms. The van der Waals surface area contributed by atoms with Gasteiger partial charge in [-0.15, -0.1) is 0 Å². The zero-order valence-corrected chi connectivity index (χ0v) is 10.3. The van der Waals surface area contributed by atoms with Gasteiger partial charge in [-0.1, -0.05) is 0 Å². The molecule has 1 aromatic rings. The number of rotatable bonds is 4. The summed E-state index contributed by atoms with van der Waals surface area (Å²) in [5, 5.41) is 0. The maximum atomic E-state index is 11.8. The number of ketones is 2. The van der Waals surface area contributed by atoms with Crippen LogP contribution in [0.5, 0.6) is 11.5 Å². The van der Waals surface area contributed by atoms with E-state index in [9.17, 15) is 14.4 Å². The molecule has 0 atom stereocenters. The number of ether oxygens (including phenoxy) is 3. The van der Waals surface area contributed by atoms with Crippen LogP contribution in [0.4, 0.5) is 0 Å². The number of methoxy groups -OCH3 is 1. The van der Waals surface area contributed by atoms with Gasteiger partial charge in [-0.05, 0) is 18.2 Å². The Balaban J connectivity index is 2.11. The van der Waals surface area contributed by atoms with E-state index < -0.39 is 24.0 Å². The lowest BCUT2D eigenvalue weighted by Gasteiger charge is -2.18.